The van der Waals surface area contributed by atoms with Crippen LogP contribution in [0.15, 0.2) is 30.9 Å². The van der Waals surface area contributed by atoms with Gasteiger partial charge >= 0.3 is 0 Å². The van der Waals surface area contributed by atoms with Crippen LogP contribution in [0.3, 0.4) is 0 Å². The number of nitrogen functional groups attached to an aromatic ring is 1. The predicted molar refractivity (Wildman–Crippen MR) is 64.9 cm³/mol. The molecule has 1 unspecified atom stereocenters. The van der Waals surface area contributed by atoms with Gasteiger partial charge in [-0.05, 0) is 36.1 Å². The molecule has 0 radical (unpaired) electrons. The number of anilines is 1. The minimum absolute atomic E-state index is 0.0321. The Morgan fingerprint density at radius 3 is 3.19 bits per heavy atom. The molecule has 0 aromatic heterocycles. The second-order valence-electron chi connectivity index (χ2n) is 4.11. The normalized spacial score (nSPS) is 17.9. The van der Waals surface area contributed by atoms with Gasteiger partial charge in [0.2, 0.25) is 5.91 Å². The molecule has 0 spiro atoms. The van der Waals surface area contributed by atoms with Crippen molar-refractivity contribution < 1.29 is 4.79 Å². The summed E-state index contributed by atoms with van der Waals surface area (Å²) in [5.74, 6) is 0.0321. The van der Waals surface area contributed by atoms with Crippen LogP contribution in [0, 0.1) is 0 Å². The van der Waals surface area contributed by atoms with Crippen molar-refractivity contribution >= 4 is 11.6 Å². The summed E-state index contributed by atoms with van der Waals surface area (Å²) in [5.41, 5.74) is 8.97. The first-order valence-corrected chi connectivity index (χ1v) is 5.49. The summed E-state index contributed by atoms with van der Waals surface area (Å²) >= 11 is 0. The fourth-order valence-corrected chi connectivity index (χ4v) is 2.17. The van der Waals surface area contributed by atoms with Crippen molar-refractivity contribution in [2.75, 3.05) is 5.73 Å². The number of aryl methyl sites for hydroxylation is 1. The zero-order valence-electron chi connectivity index (χ0n) is 9.20. The van der Waals surface area contributed by atoms with Crippen LogP contribution in [0.25, 0.3) is 0 Å². The average Bonchev–Trinajstić information content (AvgIpc) is 2.61. The lowest BCUT2D eigenvalue weighted by molar-refractivity contribution is -0.121. The molecule has 1 aromatic rings. The number of benzene rings is 1. The highest BCUT2D eigenvalue weighted by Gasteiger charge is 2.23. The number of hydrogen-bond acceptors (Lipinski definition) is 2. The fraction of sp³-hybridized carbons (Fsp3) is 0.308. The van der Waals surface area contributed by atoms with Gasteiger partial charge in [0.15, 0.2) is 0 Å². The lowest BCUT2D eigenvalue weighted by Crippen LogP contribution is -2.26. The van der Waals surface area contributed by atoms with Crippen molar-refractivity contribution in [2.24, 2.45) is 0 Å². The van der Waals surface area contributed by atoms with Crippen LogP contribution >= 0.6 is 0 Å². The number of carbonyl (C=O) groups excluding carboxylic acids is 1. The highest BCUT2D eigenvalue weighted by atomic mass is 16.1. The summed E-state index contributed by atoms with van der Waals surface area (Å²) in [6, 6.07) is 6.03. The maximum atomic E-state index is 11.5. The monoisotopic (exact) mass is 216 g/mol. The molecule has 1 amide bonds. The van der Waals surface area contributed by atoms with Crippen molar-refractivity contribution in [3.63, 3.8) is 0 Å². The molecule has 0 heterocycles. The maximum absolute atomic E-state index is 11.5. The van der Waals surface area contributed by atoms with Gasteiger partial charge in [0.05, 0.1) is 6.04 Å². The van der Waals surface area contributed by atoms with Crippen molar-refractivity contribution in [1.82, 2.24) is 5.32 Å². The molecule has 0 saturated carbocycles. The van der Waals surface area contributed by atoms with E-state index in [9.17, 15) is 4.79 Å². The molecule has 0 aliphatic heterocycles. The van der Waals surface area contributed by atoms with E-state index in [1.165, 1.54) is 11.1 Å². The van der Waals surface area contributed by atoms with Gasteiger partial charge < -0.3 is 11.1 Å². The van der Waals surface area contributed by atoms with Crippen LogP contribution in [0.5, 0.6) is 0 Å². The van der Waals surface area contributed by atoms with E-state index in [1.54, 1.807) is 6.08 Å². The van der Waals surface area contributed by atoms with Crippen LogP contribution in [-0.2, 0) is 11.2 Å². The van der Waals surface area contributed by atoms with Gasteiger partial charge in [-0.2, -0.15) is 0 Å². The molecular formula is C13H16N2O. The Balaban J connectivity index is 2.11. The Labute approximate surface area is 95.3 Å². The fourth-order valence-electron chi connectivity index (χ4n) is 2.17. The lowest BCUT2D eigenvalue weighted by Gasteiger charge is -2.13. The zero-order chi connectivity index (χ0) is 11.5. The van der Waals surface area contributed by atoms with E-state index in [4.69, 9.17) is 5.73 Å². The van der Waals surface area contributed by atoms with Gasteiger partial charge in [0, 0.05) is 12.1 Å². The highest BCUT2D eigenvalue weighted by Crippen LogP contribution is 2.32. The molecular weight excluding hydrogens is 200 g/mol. The van der Waals surface area contributed by atoms with Crippen LogP contribution in [-0.4, -0.2) is 5.91 Å². The van der Waals surface area contributed by atoms with E-state index in [0.29, 0.717) is 6.42 Å². The van der Waals surface area contributed by atoms with Crippen molar-refractivity contribution in [2.45, 2.75) is 25.3 Å². The Morgan fingerprint density at radius 2 is 2.44 bits per heavy atom. The smallest absolute Gasteiger partial charge is 0.224 e. The first-order chi connectivity index (χ1) is 7.70. The second-order valence-corrected chi connectivity index (χ2v) is 4.11. The third-order valence-corrected chi connectivity index (χ3v) is 2.91. The summed E-state index contributed by atoms with van der Waals surface area (Å²) in [5, 5.41) is 3.00. The van der Waals surface area contributed by atoms with Crippen LogP contribution in [0.4, 0.5) is 5.69 Å². The van der Waals surface area contributed by atoms with Crippen molar-refractivity contribution in [1.29, 1.82) is 0 Å². The van der Waals surface area contributed by atoms with E-state index >= 15 is 0 Å². The molecule has 3 N–H and O–H groups in total. The third-order valence-electron chi connectivity index (χ3n) is 2.91. The van der Waals surface area contributed by atoms with Gasteiger partial charge in [0.25, 0.3) is 0 Å². The number of nitrogens with two attached hydrogens (primary N) is 1. The predicted octanol–water partition coefficient (Wildman–Crippen LogP) is 1.95. The molecule has 1 aliphatic carbocycles. The average molecular weight is 216 g/mol. The van der Waals surface area contributed by atoms with Gasteiger partial charge in [-0.1, -0.05) is 12.1 Å². The number of rotatable bonds is 3. The Hall–Kier alpha value is -1.77. The Morgan fingerprint density at radius 1 is 1.62 bits per heavy atom. The third kappa shape index (κ3) is 2.08. The molecule has 0 saturated heterocycles. The minimum Gasteiger partial charge on any atom is -0.399 e. The van der Waals surface area contributed by atoms with E-state index in [-0.39, 0.29) is 11.9 Å². The SMILES string of the molecule is C=CCC(=O)NC1CCc2cc(N)ccc21. The summed E-state index contributed by atoms with van der Waals surface area (Å²) in [7, 11) is 0. The molecule has 1 atom stereocenters. The van der Waals surface area contributed by atoms with Gasteiger partial charge in [-0.25, -0.2) is 0 Å². The molecule has 1 aliphatic rings. The molecule has 3 heteroatoms. The molecule has 16 heavy (non-hydrogen) atoms. The molecule has 3 nitrogen and oxygen atoms in total. The van der Waals surface area contributed by atoms with E-state index < -0.39 is 0 Å². The first kappa shape index (κ1) is 10.7. The van der Waals surface area contributed by atoms with Gasteiger partial charge in [0.1, 0.15) is 0 Å². The molecule has 0 bridgehead atoms. The lowest BCUT2D eigenvalue weighted by atomic mass is 10.1. The van der Waals surface area contributed by atoms with Crippen LogP contribution in [0.2, 0.25) is 0 Å². The molecule has 1 aromatic carbocycles. The number of hydrogen-bond donors (Lipinski definition) is 2. The summed E-state index contributed by atoms with van der Waals surface area (Å²) in [4.78, 5) is 11.5. The molecule has 0 fully saturated rings. The van der Waals surface area contributed by atoms with Crippen molar-refractivity contribution in [3.05, 3.63) is 42.0 Å². The summed E-state index contributed by atoms with van der Waals surface area (Å²) in [6.07, 6.45) is 3.94. The van der Waals surface area contributed by atoms with E-state index in [2.05, 4.69) is 11.9 Å². The van der Waals surface area contributed by atoms with Gasteiger partial charge in [-0.15, -0.1) is 6.58 Å². The van der Waals surface area contributed by atoms with Crippen LogP contribution < -0.4 is 11.1 Å². The van der Waals surface area contributed by atoms with Crippen LogP contribution in [0.1, 0.15) is 30.0 Å². The first-order valence-electron chi connectivity index (χ1n) is 5.49. The minimum atomic E-state index is 0.0321. The Bertz CT molecular complexity index is 426. The number of amides is 1. The van der Waals surface area contributed by atoms with E-state index in [1.807, 2.05) is 18.2 Å². The molecule has 84 valence electrons. The Kier molecular flexibility index (Phi) is 2.95. The maximum Gasteiger partial charge on any atom is 0.224 e. The topological polar surface area (TPSA) is 55.1 Å². The second kappa shape index (κ2) is 4.39. The molecule has 2 rings (SSSR count). The largest absolute Gasteiger partial charge is 0.399 e. The number of nitrogens with one attached hydrogen (secondary N) is 1. The number of fused-ring (bicyclic) bond motifs is 1. The van der Waals surface area contributed by atoms with E-state index in [0.717, 1.165) is 18.5 Å². The van der Waals surface area contributed by atoms with Crippen molar-refractivity contribution in [3.8, 4) is 0 Å². The highest BCUT2D eigenvalue weighted by molar-refractivity contribution is 5.78. The number of carbonyl (C=O) groups is 1. The van der Waals surface area contributed by atoms with Gasteiger partial charge in [-0.3, -0.25) is 4.79 Å². The summed E-state index contributed by atoms with van der Waals surface area (Å²) < 4.78 is 0. The quantitative estimate of drug-likeness (QED) is 0.599. The standard InChI is InChI=1S/C13H16N2O/c1-2-3-13(16)15-12-7-4-9-8-10(14)5-6-11(9)12/h2,5-6,8,12H,1,3-4,7,14H2,(H,15,16). The zero-order valence-corrected chi connectivity index (χ0v) is 9.20. The summed E-state index contributed by atoms with van der Waals surface area (Å²) in [6.45, 7) is 3.55.